The zero-order chi connectivity index (χ0) is 22.2. The molecule has 0 saturated heterocycles. The molecule has 6 rings (SSSR count). The van der Waals surface area contributed by atoms with Crippen molar-refractivity contribution in [1.29, 1.82) is 0 Å². The van der Waals surface area contributed by atoms with E-state index in [1.807, 2.05) is 0 Å². The molecule has 4 aliphatic carbocycles. The first-order valence-electron chi connectivity index (χ1n) is 11.1. The molecule has 8 nitrogen and oxygen atoms in total. The Labute approximate surface area is 181 Å². The lowest BCUT2D eigenvalue weighted by molar-refractivity contribution is -0.789. The number of hydrogen-bond acceptors (Lipinski definition) is 4. The van der Waals surface area contributed by atoms with E-state index in [9.17, 15) is 14.4 Å². The topological polar surface area (TPSA) is 142 Å². The van der Waals surface area contributed by atoms with Crippen LogP contribution in [0.2, 0.25) is 0 Å². The van der Waals surface area contributed by atoms with Gasteiger partial charge in [-0.1, -0.05) is 0 Å². The maximum atomic E-state index is 13.2. The normalized spacial score (nSPS) is 39.3. The number of allylic oxidation sites excluding steroid dienone is 2. The number of rotatable bonds is 6. The van der Waals surface area contributed by atoms with E-state index in [1.54, 1.807) is 25.2 Å². The van der Waals surface area contributed by atoms with Crippen LogP contribution in [0.15, 0.2) is 40.8 Å². The number of carbonyl (C=O) groups excluding carboxylic acids is 3. The smallest absolute Gasteiger partial charge is 0.303 e. The molecule has 0 spiro atoms. The van der Waals surface area contributed by atoms with Crippen LogP contribution in [0.5, 0.6) is 0 Å². The highest BCUT2D eigenvalue weighted by Crippen LogP contribution is 2.63. The molecule has 0 radical (unpaired) electrons. The second kappa shape index (κ2) is 6.38. The molecule has 4 fully saturated rings. The van der Waals surface area contributed by atoms with E-state index in [1.165, 1.54) is 25.5 Å². The van der Waals surface area contributed by atoms with Gasteiger partial charge in [0, 0.05) is 25.5 Å². The van der Waals surface area contributed by atoms with Gasteiger partial charge in [-0.25, -0.2) is 0 Å². The van der Waals surface area contributed by atoms with Crippen LogP contribution in [0, 0.1) is 23.2 Å². The lowest BCUT2D eigenvalue weighted by atomic mass is 9.47. The van der Waals surface area contributed by atoms with Crippen molar-refractivity contribution in [3.05, 3.63) is 35.8 Å². The van der Waals surface area contributed by atoms with Crippen LogP contribution < -0.4 is 17.2 Å². The minimum absolute atomic E-state index is 0.00619. The number of quaternary nitrogens is 1. The summed E-state index contributed by atoms with van der Waals surface area (Å²) in [4.78, 5) is 42.2. The number of aliphatic imine (C=N–C) groups is 1. The van der Waals surface area contributed by atoms with Gasteiger partial charge in [-0.15, -0.1) is 0 Å². The van der Waals surface area contributed by atoms with Crippen LogP contribution in [-0.2, 0) is 14.4 Å². The van der Waals surface area contributed by atoms with Gasteiger partial charge in [-0.05, 0) is 67.8 Å². The highest BCUT2D eigenvalue weighted by molar-refractivity contribution is 6.05. The molecule has 4 bridgehead atoms. The number of nitrogens with two attached hydrogens (primary N) is 3. The maximum absolute atomic E-state index is 13.2. The predicted molar refractivity (Wildman–Crippen MR) is 114 cm³/mol. The van der Waals surface area contributed by atoms with Crippen LogP contribution in [0.1, 0.15) is 51.9 Å². The Hall–Kier alpha value is -2.74. The second-order valence-electron chi connectivity index (χ2n) is 10.6. The molecule has 3 amide bonds. The van der Waals surface area contributed by atoms with Crippen molar-refractivity contribution in [3.63, 3.8) is 0 Å². The van der Waals surface area contributed by atoms with Crippen molar-refractivity contribution in [1.82, 2.24) is 0 Å². The minimum atomic E-state index is -1.24. The van der Waals surface area contributed by atoms with Crippen LogP contribution in [-0.4, -0.2) is 33.6 Å². The molecule has 0 aromatic heterocycles. The van der Waals surface area contributed by atoms with Crippen molar-refractivity contribution in [2.75, 3.05) is 0 Å². The van der Waals surface area contributed by atoms with E-state index in [4.69, 9.17) is 17.2 Å². The predicted octanol–water partition coefficient (Wildman–Crippen LogP) is 1.33. The third-order valence-electron chi connectivity index (χ3n) is 8.49. The van der Waals surface area contributed by atoms with Crippen molar-refractivity contribution < 1.29 is 18.9 Å². The van der Waals surface area contributed by atoms with Crippen LogP contribution in [0.3, 0.4) is 0 Å². The second-order valence-corrected chi connectivity index (χ2v) is 10.6. The molecule has 6 N–H and O–H groups in total. The summed E-state index contributed by atoms with van der Waals surface area (Å²) in [5.41, 5.74) is 16.3. The summed E-state index contributed by atoms with van der Waals surface area (Å²) >= 11 is 0. The zero-order valence-corrected chi connectivity index (χ0v) is 17.8. The first-order chi connectivity index (χ1) is 14.6. The van der Waals surface area contributed by atoms with Gasteiger partial charge in [-0.2, -0.15) is 9.48 Å². The summed E-state index contributed by atoms with van der Waals surface area (Å²) in [6, 6.07) is 0. The van der Waals surface area contributed by atoms with Crippen molar-refractivity contribution in [3.8, 4) is 0 Å². The Balaban J connectivity index is 1.66. The van der Waals surface area contributed by atoms with Crippen molar-refractivity contribution >= 4 is 23.6 Å². The SMILES string of the molecule is CC(CC12CC3CC(CC(C3)C1)C2)(C(N)=O)[N+]12C=C(C(N)=O)N=C1C=CC=C2C(N)=O. The standard InChI is InChI=1S/C23H29N5O3/c1-22(21(26)31,12-23-8-13-5-14(9-23)7-15(6-13)10-23)28-11-16(19(24)29)27-18(28)4-2-3-17(28)20(25)30/h2-4,11,13-15H,5-10,12H2,1H3,(H5-,24,25,26,29,30,31)/p+1. The van der Waals surface area contributed by atoms with Crippen LogP contribution >= 0.6 is 0 Å². The van der Waals surface area contributed by atoms with E-state index in [0.717, 1.165) is 19.3 Å². The summed E-state index contributed by atoms with van der Waals surface area (Å²) in [6.07, 6.45) is 14.0. The Morgan fingerprint density at radius 2 is 1.65 bits per heavy atom. The fourth-order valence-electron chi connectivity index (χ4n) is 7.83. The van der Waals surface area contributed by atoms with E-state index >= 15 is 0 Å². The van der Waals surface area contributed by atoms with Gasteiger partial charge in [0.1, 0.15) is 6.20 Å². The maximum Gasteiger partial charge on any atom is 0.303 e. The molecule has 164 valence electrons. The molecule has 2 unspecified atom stereocenters. The molecule has 6 aliphatic rings. The Bertz CT molecular complexity index is 987. The monoisotopic (exact) mass is 424 g/mol. The minimum Gasteiger partial charge on any atom is -0.364 e. The lowest BCUT2D eigenvalue weighted by Gasteiger charge is -2.59. The van der Waals surface area contributed by atoms with E-state index in [0.29, 0.717) is 30.0 Å². The summed E-state index contributed by atoms with van der Waals surface area (Å²) < 4.78 is -0.367. The highest BCUT2D eigenvalue weighted by atomic mass is 16.2. The van der Waals surface area contributed by atoms with Gasteiger partial charge in [0.05, 0.1) is 0 Å². The van der Waals surface area contributed by atoms with Crippen molar-refractivity contribution in [2.24, 2.45) is 45.4 Å². The number of primary amides is 3. The highest BCUT2D eigenvalue weighted by Gasteiger charge is 2.65. The molecule has 2 heterocycles. The molecule has 4 saturated carbocycles. The average Bonchev–Trinajstić information content (AvgIpc) is 3.07. The molecule has 2 atom stereocenters. The lowest BCUT2D eigenvalue weighted by Crippen LogP contribution is -2.70. The van der Waals surface area contributed by atoms with Gasteiger partial charge in [0.2, 0.25) is 11.5 Å². The fourth-order valence-corrected chi connectivity index (χ4v) is 7.83. The summed E-state index contributed by atoms with van der Waals surface area (Å²) in [5.74, 6) is 0.504. The molecular formula is C23H30N5O3+. The van der Waals surface area contributed by atoms with Gasteiger partial charge in [0.25, 0.3) is 11.8 Å². The van der Waals surface area contributed by atoms with Gasteiger partial charge < -0.3 is 17.2 Å². The largest absolute Gasteiger partial charge is 0.364 e. The number of amides is 3. The van der Waals surface area contributed by atoms with Gasteiger partial charge in [-0.3, -0.25) is 14.4 Å². The van der Waals surface area contributed by atoms with Crippen molar-refractivity contribution in [2.45, 2.75) is 57.4 Å². The Kier molecular flexibility index (Phi) is 4.16. The first-order valence-corrected chi connectivity index (χ1v) is 11.1. The molecule has 31 heavy (non-hydrogen) atoms. The first kappa shape index (κ1) is 20.2. The fraction of sp³-hybridized carbons (Fsp3) is 0.565. The quantitative estimate of drug-likeness (QED) is 0.554. The third kappa shape index (κ3) is 2.70. The van der Waals surface area contributed by atoms with Gasteiger partial charge in [0.15, 0.2) is 11.2 Å². The molecular weight excluding hydrogens is 394 g/mol. The van der Waals surface area contributed by atoms with Crippen LogP contribution in [0.25, 0.3) is 0 Å². The summed E-state index contributed by atoms with van der Waals surface area (Å²) in [7, 11) is 0. The van der Waals surface area contributed by atoms with E-state index < -0.39 is 23.3 Å². The van der Waals surface area contributed by atoms with Gasteiger partial charge >= 0.3 is 5.91 Å². The van der Waals surface area contributed by atoms with E-state index in [2.05, 4.69) is 4.99 Å². The number of hydrogen-bond donors (Lipinski definition) is 3. The zero-order valence-electron chi connectivity index (χ0n) is 17.8. The number of nitrogens with zero attached hydrogens (tertiary/aromatic N) is 2. The third-order valence-corrected chi connectivity index (χ3v) is 8.49. The molecule has 0 aromatic carbocycles. The average molecular weight is 425 g/mol. The molecule has 8 heteroatoms. The molecule has 2 aliphatic heterocycles. The van der Waals surface area contributed by atoms with Crippen LogP contribution in [0.4, 0.5) is 0 Å². The number of carbonyl (C=O) groups is 3. The van der Waals surface area contributed by atoms with E-state index in [-0.39, 0.29) is 21.3 Å². The number of fused-ring (bicyclic) bond motifs is 1. The Morgan fingerprint density at radius 1 is 1.06 bits per heavy atom. The summed E-state index contributed by atoms with van der Waals surface area (Å²) in [5, 5.41) is 0. The molecule has 0 aromatic rings. The Morgan fingerprint density at radius 3 is 2.13 bits per heavy atom. The summed E-state index contributed by atoms with van der Waals surface area (Å²) in [6.45, 7) is 1.79. The number of amidine groups is 1.